The van der Waals surface area contributed by atoms with Crippen molar-refractivity contribution in [3.8, 4) is 0 Å². The molecule has 0 fully saturated rings. The molecule has 0 saturated heterocycles. The lowest BCUT2D eigenvalue weighted by molar-refractivity contribution is 0.271. The van der Waals surface area contributed by atoms with Gasteiger partial charge in [0.2, 0.25) is 0 Å². The van der Waals surface area contributed by atoms with Gasteiger partial charge in [0.05, 0.1) is 6.61 Å². The molecule has 0 amide bonds. The van der Waals surface area contributed by atoms with Gasteiger partial charge in [-0.3, -0.25) is 0 Å². The molecule has 3 nitrogen and oxygen atoms in total. The molecule has 0 aromatic carbocycles. The first kappa shape index (κ1) is 13.5. The summed E-state index contributed by atoms with van der Waals surface area (Å²) in [5.41, 5.74) is 0. The highest BCUT2D eigenvalue weighted by Crippen LogP contribution is 2.55. The van der Waals surface area contributed by atoms with Gasteiger partial charge in [-0.25, -0.2) is 4.57 Å². The van der Waals surface area contributed by atoms with Gasteiger partial charge in [0.25, 0.3) is 0 Å². The third kappa shape index (κ3) is 8.82. The van der Waals surface area contributed by atoms with Crippen LogP contribution in [0, 0.1) is 0 Å². The second-order valence-electron chi connectivity index (χ2n) is 2.84. The Hall–Kier alpha value is 0.500. The summed E-state index contributed by atoms with van der Waals surface area (Å²) in [5.74, 6) is 0.705. The van der Waals surface area contributed by atoms with Gasteiger partial charge < -0.3 is 9.42 Å². The standard InChI is InChI=1S/C8H19O3PS/c1-3-5-7-11-12(9,10)13-8-6-4-2/h3-8H2,1-2H3,(H,9,10). The molecule has 80 valence electrons. The molecule has 13 heavy (non-hydrogen) atoms. The van der Waals surface area contributed by atoms with Crippen LogP contribution in [0.4, 0.5) is 0 Å². The molecule has 0 saturated carbocycles. The molecule has 0 aliphatic carbocycles. The van der Waals surface area contributed by atoms with Crippen LogP contribution in [0.1, 0.15) is 39.5 Å². The minimum atomic E-state index is -3.34. The van der Waals surface area contributed by atoms with E-state index in [1.165, 1.54) is 0 Å². The van der Waals surface area contributed by atoms with Crippen LogP contribution in [0.25, 0.3) is 0 Å². The molecule has 1 atom stereocenters. The molecule has 0 aliphatic rings. The van der Waals surface area contributed by atoms with Crippen molar-refractivity contribution in [2.75, 3.05) is 12.4 Å². The highest BCUT2D eigenvalue weighted by molar-refractivity contribution is 8.54. The van der Waals surface area contributed by atoms with Gasteiger partial charge in [-0.05, 0) is 24.2 Å². The van der Waals surface area contributed by atoms with Crippen molar-refractivity contribution in [3.63, 3.8) is 0 Å². The first-order chi connectivity index (χ1) is 6.12. The molecule has 0 aromatic heterocycles. The van der Waals surface area contributed by atoms with Crippen molar-refractivity contribution in [1.29, 1.82) is 0 Å². The fraction of sp³-hybridized carbons (Fsp3) is 1.00. The molecule has 0 spiro atoms. The fourth-order valence-corrected chi connectivity index (χ4v) is 3.30. The predicted octanol–water partition coefficient (Wildman–Crippen LogP) is 3.44. The van der Waals surface area contributed by atoms with Crippen LogP contribution >= 0.6 is 18.2 Å². The van der Waals surface area contributed by atoms with Crippen molar-refractivity contribution in [2.24, 2.45) is 0 Å². The fourth-order valence-electron chi connectivity index (χ4n) is 0.686. The summed E-state index contributed by atoms with van der Waals surface area (Å²) in [7, 11) is 0. The summed E-state index contributed by atoms with van der Waals surface area (Å²) in [4.78, 5) is 9.26. The van der Waals surface area contributed by atoms with Crippen LogP contribution in [0.15, 0.2) is 0 Å². The molecular weight excluding hydrogens is 207 g/mol. The Bertz CT molecular complexity index is 149. The monoisotopic (exact) mass is 226 g/mol. The van der Waals surface area contributed by atoms with E-state index in [1.807, 2.05) is 6.92 Å². The van der Waals surface area contributed by atoms with Crippen molar-refractivity contribution < 1.29 is 14.0 Å². The van der Waals surface area contributed by atoms with E-state index in [4.69, 9.17) is 4.52 Å². The maximum Gasteiger partial charge on any atom is 0.386 e. The first-order valence-corrected chi connectivity index (χ1v) is 7.91. The predicted molar refractivity (Wildman–Crippen MR) is 58.1 cm³/mol. The number of hydrogen-bond donors (Lipinski definition) is 1. The Morgan fingerprint density at radius 1 is 1.31 bits per heavy atom. The third-order valence-electron chi connectivity index (χ3n) is 1.50. The Labute approximate surface area is 84.5 Å². The Morgan fingerprint density at radius 3 is 2.46 bits per heavy atom. The van der Waals surface area contributed by atoms with E-state index in [0.717, 1.165) is 37.1 Å². The largest absolute Gasteiger partial charge is 0.386 e. The second kappa shape index (κ2) is 7.86. The minimum absolute atomic E-state index is 0.392. The molecule has 0 bridgehead atoms. The lowest BCUT2D eigenvalue weighted by Crippen LogP contribution is -1.90. The Morgan fingerprint density at radius 2 is 1.92 bits per heavy atom. The van der Waals surface area contributed by atoms with Crippen LogP contribution < -0.4 is 0 Å². The van der Waals surface area contributed by atoms with Crippen LogP contribution in [0.5, 0.6) is 0 Å². The van der Waals surface area contributed by atoms with E-state index < -0.39 is 6.80 Å². The quantitative estimate of drug-likeness (QED) is 0.508. The molecule has 0 heterocycles. The lowest BCUT2D eigenvalue weighted by atomic mass is 10.4. The maximum absolute atomic E-state index is 11.3. The summed E-state index contributed by atoms with van der Waals surface area (Å²) < 4.78 is 16.2. The van der Waals surface area contributed by atoms with E-state index in [1.54, 1.807) is 0 Å². The number of rotatable bonds is 8. The van der Waals surface area contributed by atoms with E-state index in [0.29, 0.717) is 12.4 Å². The molecule has 0 rings (SSSR count). The molecule has 0 radical (unpaired) electrons. The number of hydrogen-bond acceptors (Lipinski definition) is 3. The summed E-state index contributed by atoms with van der Waals surface area (Å²) in [6.45, 7) is 1.14. The minimum Gasteiger partial charge on any atom is -0.316 e. The summed E-state index contributed by atoms with van der Waals surface area (Å²) >= 11 is 1.04. The van der Waals surface area contributed by atoms with Crippen LogP contribution in [-0.2, 0) is 9.09 Å². The van der Waals surface area contributed by atoms with Crippen molar-refractivity contribution in [2.45, 2.75) is 39.5 Å². The van der Waals surface area contributed by atoms with Crippen molar-refractivity contribution in [3.05, 3.63) is 0 Å². The van der Waals surface area contributed by atoms with Crippen molar-refractivity contribution >= 4 is 18.2 Å². The lowest BCUT2D eigenvalue weighted by Gasteiger charge is -2.10. The average Bonchev–Trinajstić information content (AvgIpc) is 2.05. The van der Waals surface area contributed by atoms with Gasteiger partial charge in [-0.1, -0.05) is 26.7 Å². The SMILES string of the molecule is CCCCOP(=O)(O)SCCCC. The normalized spacial score (nSPS) is 15.6. The molecule has 1 unspecified atom stereocenters. The maximum atomic E-state index is 11.3. The van der Waals surface area contributed by atoms with E-state index in [2.05, 4.69) is 6.92 Å². The van der Waals surface area contributed by atoms with Crippen LogP contribution in [0.2, 0.25) is 0 Å². The topological polar surface area (TPSA) is 46.5 Å². The highest BCUT2D eigenvalue weighted by Gasteiger charge is 2.18. The van der Waals surface area contributed by atoms with Gasteiger partial charge in [0.1, 0.15) is 0 Å². The van der Waals surface area contributed by atoms with Crippen molar-refractivity contribution in [1.82, 2.24) is 0 Å². The average molecular weight is 226 g/mol. The first-order valence-electron chi connectivity index (χ1n) is 4.74. The van der Waals surface area contributed by atoms with Gasteiger partial charge in [0, 0.05) is 5.75 Å². The van der Waals surface area contributed by atoms with Crippen LogP contribution in [0.3, 0.4) is 0 Å². The van der Waals surface area contributed by atoms with Gasteiger partial charge in [0.15, 0.2) is 0 Å². The zero-order chi connectivity index (χ0) is 10.2. The Kier molecular flexibility index (Phi) is 8.17. The smallest absolute Gasteiger partial charge is 0.316 e. The van der Waals surface area contributed by atoms with Crippen LogP contribution in [-0.4, -0.2) is 17.3 Å². The van der Waals surface area contributed by atoms with E-state index >= 15 is 0 Å². The van der Waals surface area contributed by atoms with Gasteiger partial charge >= 0.3 is 6.80 Å². The van der Waals surface area contributed by atoms with E-state index in [-0.39, 0.29) is 0 Å². The Balaban J connectivity index is 3.49. The number of unbranched alkanes of at least 4 members (excludes halogenated alkanes) is 2. The molecular formula is C8H19O3PS. The molecule has 0 aromatic rings. The molecule has 1 N–H and O–H groups in total. The zero-order valence-corrected chi connectivity index (χ0v) is 10.1. The zero-order valence-electron chi connectivity index (χ0n) is 8.36. The highest BCUT2D eigenvalue weighted by atomic mass is 32.7. The van der Waals surface area contributed by atoms with E-state index in [9.17, 15) is 9.46 Å². The molecule has 5 heteroatoms. The van der Waals surface area contributed by atoms with Gasteiger partial charge in [-0.2, -0.15) is 0 Å². The summed E-state index contributed by atoms with van der Waals surface area (Å²) in [6, 6.07) is 0. The summed E-state index contributed by atoms with van der Waals surface area (Å²) in [6.07, 6.45) is 3.84. The molecule has 0 aliphatic heterocycles. The second-order valence-corrected chi connectivity index (χ2v) is 6.86. The summed E-state index contributed by atoms with van der Waals surface area (Å²) in [5, 5.41) is 0. The van der Waals surface area contributed by atoms with Gasteiger partial charge in [-0.15, -0.1) is 0 Å². The third-order valence-corrected chi connectivity index (χ3v) is 4.65.